The van der Waals surface area contributed by atoms with Crippen molar-refractivity contribution in [3.05, 3.63) is 65.6 Å². The average molecular weight is 424 g/mol. The highest BCUT2D eigenvalue weighted by Gasteiger charge is 2.34. The Kier molecular flexibility index (Phi) is 6.59. The Balaban J connectivity index is 1.44. The van der Waals surface area contributed by atoms with Gasteiger partial charge in [0.2, 0.25) is 0 Å². The summed E-state index contributed by atoms with van der Waals surface area (Å²) in [6, 6.07) is 14.6. The van der Waals surface area contributed by atoms with Crippen LogP contribution in [0, 0.1) is 5.82 Å². The third-order valence-electron chi connectivity index (χ3n) is 6.35. The Bertz CT molecular complexity index is 936. The summed E-state index contributed by atoms with van der Waals surface area (Å²) in [7, 11) is 0. The molecule has 5 nitrogen and oxygen atoms in total. The van der Waals surface area contributed by atoms with Gasteiger partial charge in [0.1, 0.15) is 29.9 Å². The molecule has 0 aromatic heterocycles. The maximum atomic E-state index is 13.2. The summed E-state index contributed by atoms with van der Waals surface area (Å²) in [5, 5.41) is 0. The van der Waals surface area contributed by atoms with E-state index in [1.165, 1.54) is 25.0 Å². The molecule has 0 bridgehead atoms. The van der Waals surface area contributed by atoms with Crippen molar-refractivity contribution in [2.75, 3.05) is 31.3 Å². The molecule has 0 aliphatic carbocycles. The van der Waals surface area contributed by atoms with Gasteiger partial charge in [-0.15, -0.1) is 0 Å². The lowest BCUT2D eigenvalue weighted by Crippen LogP contribution is -2.55. The number of halogens is 1. The van der Waals surface area contributed by atoms with E-state index >= 15 is 0 Å². The summed E-state index contributed by atoms with van der Waals surface area (Å²) < 4.78 is 19.5. The minimum atomic E-state index is -0.257. The summed E-state index contributed by atoms with van der Waals surface area (Å²) in [6.45, 7) is 7.97. The first-order valence-electron chi connectivity index (χ1n) is 11.0. The molecule has 31 heavy (non-hydrogen) atoms. The number of para-hydroxylation sites is 2. The second-order valence-electron chi connectivity index (χ2n) is 8.47. The van der Waals surface area contributed by atoms with Crippen LogP contribution in [0.3, 0.4) is 0 Å². The molecule has 0 radical (unpaired) electrons. The van der Waals surface area contributed by atoms with Crippen LogP contribution < -0.4 is 9.64 Å². The molecule has 0 amide bonds. The Labute approximate surface area is 183 Å². The number of hydrogen-bond donors (Lipinski definition) is 0. The van der Waals surface area contributed by atoms with Crippen molar-refractivity contribution in [1.82, 2.24) is 9.80 Å². The molecule has 2 aliphatic rings. The molecule has 2 aromatic rings. The lowest BCUT2D eigenvalue weighted by Gasteiger charge is -2.45. The third kappa shape index (κ3) is 4.76. The largest absolute Gasteiger partial charge is 0.476 e. The fourth-order valence-corrected chi connectivity index (χ4v) is 4.53. The zero-order valence-electron chi connectivity index (χ0n) is 18.3. The highest BCUT2D eigenvalue weighted by atomic mass is 19.1. The Morgan fingerprint density at radius 2 is 1.77 bits per heavy atom. The molecular formula is C25H30FN3O2. The summed E-state index contributed by atoms with van der Waals surface area (Å²) in [6.07, 6.45) is 2.43. The number of piperazine rings is 1. The monoisotopic (exact) mass is 423 g/mol. The van der Waals surface area contributed by atoms with Crippen LogP contribution in [0.15, 0.2) is 54.2 Å². The first-order chi connectivity index (χ1) is 15.1. The second kappa shape index (κ2) is 9.54. The number of benzene rings is 2. The van der Waals surface area contributed by atoms with Gasteiger partial charge in [0.15, 0.2) is 0 Å². The van der Waals surface area contributed by atoms with E-state index in [2.05, 4.69) is 33.6 Å². The van der Waals surface area contributed by atoms with Crippen LogP contribution >= 0.6 is 0 Å². The average Bonchev–Trinajstić information content (AvgIpc) is 3.32. The topological polar surface area (TPSA) is 36.0 Å². The SMILES string of the molecule is C[C@@H]1C(=C=O)N(Cc2ccc(F)cc2)[C@@H](C)CN1COc1ccccc1N1CCCC1. The molecule has 0 unspecified atom stereocenters. The second-order valence-corrected chi connectivity index (χ2v) is 8.47. The van der Waals surface area contributed by atoms with Gasteiger partial charge in [-0.2, -0.15) is 0 Å². The van der Waals surface area contributed by atoms with Gasteiger partial charge >= 0.3 is 0 Å². The highest BCUT2D eigenvalue weighted by molar-refractivity contribution is 5.59. The zero-order valence-corrected chi connectivity index (χ0v) is 18.3. The van der Waals surface area contributed by atoms with Gasteiger partial charge in [-0.25, -0.2) is 9.18 Å². The molecule has 2 heterocycles. The standard InChI is InChI=1S/C25H30FN3O2/c1-19-15-28(18-31-25-8-4-3-7-23(25)27-13-5-6-14-27)20(2)24(17-30)29(19)16-21-9-11-22(26)12-10-21/h3-4,7-12,19-20H,5-6,13-16,18H2,1-2H3/t19-,20+/m0/s1. The first-order valence-corrected chi connectivity index (χ1v) is 11.0. The van der Waals surface area contributed by atoms with Gasteiger partial charge in [0.25, 0.3) is 0 Å². The fraction of sp³-hybridized carbons (Fsp3) is 0.440. The van der Waals surface area contributed by atoms with Gasteiger partial charge in [0.05, 0.1) is 11.7 Å². The smallest absolute Gasteiger partial charge is 0.147 e. The fourth-order valence-electron chi connectivity index (χ4n) is 4.53. The van der Waals surface area contributed by atoms with Crippen molar-refractivity contribution in [3.8, 4) is 5.75 Å². The van der Waals surface area contributed by atoms with E-state index in [9.17, 15) is 9.18 Å². The van der Waals surface area contributed by atoms with E-state index in [1.807, 2.05) is 25.1 Å². The molecule has 164 valence electrons. The van der Waals surface area contributed by atoms with Gasteiger partial charge in [0, 0.05) is 32.2 Å². The summed E-state index contributed by atoms with van der Waals surface area (Å²) in [4.78, 5) is 18.5. The molecule has 2 saturated heterocycles. The molecule has 2 aromatic carbocycles. The van der Waals surface area contributed by atoms with E-state index in [4.69, 9.17) is 4.74 Å². The lowest BCUT2D eigenvalue weighted by atomic mass is 10.0. The molecular weight excluding hydrogens is 393 g/mol. The molecule has 0 saturated carbocycles. The van der Waals surface area contributed by atoms with Crippen LogP contribution in [0.2, 0.25) is 0 Å². The summed E-state index contributed by atoms with van der Waals surface area (Å²) in [5.74, 6) is 2.79. The van der Waals surface area contributed by atoms with E-state index in [0.29, 0.717) is 19.0 Å². The van der Waals surface area contributed by atoms with Crippen molar-refractivity contribution in [2.24, 2.45) is 0 Å². The Morgan fingerprint density at radius 1 is 1.06 bits per heavy atom. The molecule has 4 rings (SSSR count). The minimum Gasteiger partial charge on any atom is -0.476 e. The van der Waals surface area contributed by atoms with Crippen molar-refractivity contribution < 1.29 is 13.9 Å². The zero-order chi connectivity index (χ0) is 21.8. The van der Waals surface area contributed by atoms with Gasteiger partial charge in [-0.05, 0) is 56.5 Å². The number of hydrogen-bond acceptors (Lipinski definition) is 5. The van der Waals surface area contributed by atoms with Crippen molar-refractivity contribution >= 4 is 11.6 Å². The molecule has 0 spiro atoms. The maximum absolute atomic E-state index is 13.2. The van der Waals surface area contributed by atoms with Crippen LogP contribution in [0.25, 0.3) is 0 Å². The van der Waals surface area contributed by atoms with Crippen LogP contribution in [0.4, 0.5) is 10.1 Å². The van der Waals surface area contributed by atoms with Crippen LogP contribution in [0.1, 0.15) is 32.3 Å². The predicted octanol–water partition coefficient (Wildman–Crippen LogP) is 4.07. The van der Waals surface area contributed by atoms with Crippen LogP contribution in [0.5, 0.6) is 5.75 Å². The molecule has 0 N–H and O–H groups in total. The summed E-state index contributed by atoms with van der Waals surface area (Å²) in [5.41, 5.74) is 2.72. The third-order valence-corrected chi connectivity index (χ3v) is 6.35. The minimum absolute atomic E-state index is 0.107. The van der Waals surface area contributed by atoms with Crippen LogP contribution in [-0.2, 0) is 11.3 Å². The number of anilines is 1. The molecule has 2 fully saturated rings. The maximum Gasteiger partial charge on any atom is 0.147 e. The van der Waals surface area contributed by atoms with Crippen molar-refractivity contribution in [2.45, 2.75) is 45.3 Å². The summed E-state index contributed by atoms with van der Waals surface area (Å²) >= 11 is 0. The number of carbonyl (C=O) groups excluding carboxylic acids is 1. The molecule has 2 aliphatic heterocycles. The van der Waals surface area contributed by atoms with Crippen molar-refractivity contribution in [1.29, 1.82) is 0 Å². The van der Waals surface area contributed by atoms with Gasteiger partial charge in [-0.1, -0.05) is 24.3 Å². The molecule has 6 heteroatoms. The first kappa shape index (κ1) is 21.4. The molecule has 2 atom stereocenters. The van der Waals surface area contributed by atoms with Gasteiger partial charge < -0.3 is 14.5 Å². The highest BCUT2D eigenvalue weighted by Crippen LogP contribution is 2.32. The van der Waals surface area contributed by atoms with E-state index in [0.717, 1.165) is 36.6 Å². The Morgan fingerprint density at radius 3 is 2.48 bits per heavy atom. The predicted molar refractivity (Wildman–Crippen MR) is 120 cm³/mol. The lowest BCUT2D eigenvalue weighted by molar-refractivity contribution is 0.0287. The van der Waals surface area contributed by atoms with Crippen LogP contribution in [-0.4, -0.2) is 54.2 Å². The van der Waals surface area contributed by atoms with E-state index in [-0.39, 0.29) is 17.9 Å². The van der Waals surface area contributed by atoms with E-state index < -0.39 is 0 Å². The van der Waals surface area contributed by atoms with Crippen molar-refractivity contribution in [3.63, 3.8) is 0 Å². The number of nitrogens with zero attached hydrogens (tertiary/aromatic N) is 3. The number of rotatable bonds is 6. The number of ether oxygens (including phenoxy) is 1. The quantitative estimate of drug-likeness (QED) is 0.655. The van der Waals surface area contributed by atoms with Gasteiger partial charge in [-0.3, -0.25) is 4.90 Å². The Hall–Kier alpha value is -2.82. The van der Waals surface area contributed by atoms with E-state index in [1.54, 1.807) is 12.1 Å². The normalized spacial score (nSPS) is 22.0.